The Bertz CT molecular complexity index is 2110. The lowest BCUT2D eigenvalue weighted by molar-refractivity contribution is -0.384. The summed E-state index contributed by atoms with van der Waals surface area (Å²) in [5.41, 5.74) is 3.00. The van der Waals surface area contributed by atoms with Crippen LogP contribution in [0.2, 0.25) is 0 Å². The predicted octanol–water partition coefficient (Wildman–Crippen LogP) is 5.75. The van der Waals surface area contributed by atoms with Gasteiger partial charge in [-0.05, 0) is 61.4 Å². The molecule has 48 heavy (non-hydrogen) atoms. The number of anilines is 2. The Morgan fingerprint density at radius 1 is 0.917 bits per heavy atom. The van der Waals surface area contributed by atoms with Crippen LogP contribution in [0, 0.1) is 17.0 Å². The molecule has 1 amide bonds. The average molecular weight is 669 g/mol. The minimum absolute atomic E-state index is 0.00258. The van der Waals surface area contributed by atoms with E-state index < -0.39 is 20.9 Å². The molecule has 0 radical (unpaired) electrons. The molecule has 1 N–H and O–H groups in total. The van der Waals surface area contributed by atoms with Gasteiger partial charge in [-0.2, -0.15) is 0 Å². The summed E-state index contributed by atoms with van der Waals surface area (Å²) >= 11 is 0. The summed E-state index contributed by atoms with van der Waals surface area (Å²) in [5, 5.41) is 20.9. The van der Waals surface area contributed by atoms with Gasteiger partial charge in [-0.15, -0.1) is 0 Å². The van der Waals surface area contributed by atoms with Gasteiger partial charge in [0.05, 0.1) is 21.2 Å². The van der Waals surface area contributed by atoms with Crippen LogP contribution in [0.15, 0.2) is 106 Å². The molecule has 0 bridgehead atoms. The number of benzene rings is 4. The number of para-hydroxylation sites is 2. The fourth-order valence-electron chi connectivity index (χ4n) is 5.94. The van der Waals surface area contributed by atoms with E-state index in [0.717, 1.165) is 5.56 Å². The standard InChI is InChI=1S/C35H32N4O8S/c1-24-29-23-28(15-16-32(29)47-33(24)35(41)42)48(45,46)38(18-17-25-7-3-2-4-8-25)31-10-6-5-9-30(31)36-19-21-37(22-20-36)34(40)26-11-13-27(14-12-26)39(43)44/h2-16,23H,17-22H2,1H3,(H,41,42). The summed E-state index contributed by atoms with van der Waals surface area (Å²) < 4.78 is 35.9. The zero-order valence-electron chi connectivity index (χ0n) is 26.0. The van der Waals surface area contributed by atoms with Crippen molar-refractivity contribution in [3.8, 4) is 0 Å². The van der Waals surface area contributed by atoms with Crippen LogP contribution in [0.5, 0.6) is 0 Å². The number of sulfonamides is 1. The van der Waals surface area contributed by atoms with Crippen molar-refractivity contribution in [3.63, 3.8) is 0 Å². The minimum Gasteiger partial charge on any atom is -0.475 e. The Hall–Kier alpha value is -5.69. The van der Waals surface area contributed by atoms with E-state index in [1.807, 2.05) is 47.4 Å². The normalized spacial score (nSPS) is 13.4. The molecule has 2 heterocycles. The highest BCUT2D eigenvalue weighted by molar-refractivity contribution is 7.92. The predicted molar refractivity (Wildman–Crippen MR) is 180 cm³/mol. The van der Waals surface area contributed by atoms with Crippen molar-refractivity contribution in [1.29, 1.82) is 0 Å². The molecule has 0 atom stereocenters. The van der Waals surface area contributed by atoms with Crippen LogP contribution in [-0.2, 0) is 16.4 Å². The van der Waals surface area contributed by atoms with Crippen LogP contribution in [0.1, 0.15) is 32.0 Å². The molecule has 1 aliphatic heterocycles. The second kappa shape index (κ2) is 13.2. The van der Waals surface area contributed by atoms with Crippen molar-refractivity contribution in [3.05, 3.63) is 130 Å². The molecular weight excluding hydrogens is 636 g/mol. The van der Waals surface area contributed by atoms with Crippen LogP contribution < -0.4 is 9.21 Å². The summed E-state index contributed by atoms with van der Waals surface area (Å²) in [6.45, 7) is 3.30. The van der Waals surface area contributed by atoms with E-state index in [1.165, 1.54) is 46.8 Å². The Labute approximate surface area is 276 Å². The van der Waals surface area contributed by atoms with Gasteiger partial charge in [-0.1, -0.05) is 42.5 Å². The van der Waals surface area contributed by atoms with E-state index in [4.69, 9.17) is 4.42 Å². The summed E-state index contributed by atoms with van der Waals surface area (Å²) in [7, 11) is -4.17. The summed E-state index contributed by atoms with van der Waals surface area (Å²) in [6.07, 6.45) is 0.433. The Kier molecular flexibility index (Phi) is 8.87. The van der Waals surface area contributed by atoms with Crippen LogP contribution in [0.4, 0.5) is 17.1 Å². The number of carbonyl (C=O) groups excluding carboxylic acids is 1. The molecule has 1 aliphatic rings. The molecule has 4 aromatic carbocycles. The first-order valence-electron chi connectivity index (χ1n) is 15.3. The van der Waals surface area contributed by atoms with Crippen LogP contribution in [-0.4, -0.2) is 67.9 Å². The Morgan fingerprint density at radius 3 is 2.25 bits per heavy atom. The number of piperazine rings is 1. The summed E-state index contributed by atoms with van der Waals surface area (Å²) in [6, 6.07) is 26.7. The second-order valence-electron chi connectivity index (χ2n) is 11.4. The minimum atomic E-state index is -4.17. The fourth-order valence-corrected chi connectivity index (χ4v) is 7.44. The zero-order chi connectivity index (χ0) is 34.0. The molecule has 0 spiro atoms. The smallest absolute Gasteiger partial charge is 0.372 e. The first kappa shape index (κ1) is 32.3. The lowest BCUT2D eigenvalue weighted by Crippen LogP contribution is -2.49. The molecule has 0 aliphatic carbocycles. The largest absolute Gasteiger partial charge is 0.475 e. The third kappa shape index (κ3) is 6.32. The highest BCUT2D eigenvalue weighted by atomic mass is 32.2. The van der Waals surface area contributed by atoms with E-state index in [9.17, 15) is 33.2 Å². The first-order chi connectivity index (χ1) is 23.0. The fraction of sp³-hybridized carbons (Fsp3) is 0.200. The number of carboxylic acid groups (broad SMARTS) is 1. The highest BCUT2D eigenvalue weighted by Gasteiger charge is 2.31. The third-order valence-electron chi connectivity index (χ3n) is 8.52. The molecule has 0 saturated carbocycles. The van der Waals surface area contributed by atoms with E-state index in [0.29, 0.717) is 60.5 Å². The molecule has 1 saturated heterocycles. The van der Waals surface area contributed by atoms with Gasteiger partial charge in [0.15, 0.2) is 0 Å². The molecule has 1 fully saturated rings. The lowest BCUT2D eigenvalue weighted by atomic mass is 10.1. The number of carbonyl (C=O) groups is 2. The average Bonchev–Trinajstić information content (AvgIpc) is 3.44. The maximum Gasteiger partial charge on any atom is 0.372 e. The van der Waals surface area contributed by atoms with E-state index in [2.05, 4.69) is 0 Å². The topological polar surface area (TPSA) is 155 Å². The van der Waals surface area contributed by atoms with Crippen molar-refractivity contribution in [2.75, 3.05) is 41.9 Å². The molecule has 5 aromatic rings. The number of hydrogen-bond acceptors (Lipinski definition) is 8. The number of aromatic carboxylic acids is 1. The number of nitro benzene ring substituents is 1. The van der Waals surface area contributed by atoms with E-state index in [1.54, 1.807) is 24.0 Å². The van der Waals surface area contributed by atoms with Crippen molar-refractivity contribution in [2.45, 2.75) is 18.2 Å². The number of non-ortho nitro benzene ring substituents is 1. The van der Waals surface area contributed by atoms with Crippen molar-refractivity contribution in [1.82, 2.24) is 4.90 Å². The number of fused-ring (bicyclic) bond motifs is 1. The monoisotopic (exact) mass is 668 g/mol. The van der Waals surface area contributed by atoms with Gasteiger partial charge in [0.1, 0.15) is 5.58 Å². The molecule has 246 valence electrons. The SMILES string of the molecule is Cc1c(C(=O)O)oc2ccc(S(=O)(=O)N(CCc3ccccc3)c3ccccc3N3CCN(C(=O)c4ccc([N+](=O)[O-])cc4)CC3)cc12. The highest BCUT2D eigenvalue weighted by Crippen LogP contribution is 2.36. The van der Waals surface area contributed by atoms with Gasteiger partial charge in [-0.25, -0.2) is 13.2 Å². The number of furan rings is 1. The van der Waals surface area contributed by atoms with Gasteiger partial charge in [-0.3, -0.25) is 19.2 Å². The summed E-state index contributed by atoms with van der Waals surface area (Å²) in [5.74, 6) is -1.71. The van der Waals surface area contributed by atoms with Crippen LogP contribution in [0.3, 0.4) is 0 Å². The number of nitrogens with zero attached hydrogens (tertiary/aromatic N) is 4. The lowest BCUT2D eigenvalue weighted by Gasteiger charge is -2.38. The maximum absolute atomic E-state index is 14.5. The number of carboxylic acids is 1. The molecule has 13 heteroatoms. The number of nitro groups is 1. The third-order valence-corrected chi connectivity index (χ3v) is 10.3. The van der Waals surface area contributed by atoms with Gasteiger partial charge in [0.25, 0.3) is 21.6 Å². The zero-order valence-corrected chi connectivity index (χ0v) is 26.8. The summed E-state index contributed by atoms with van der Waals surface area (Å²) in [4.78, 5) is 39.1. The second-order valence-corrected chi connectivity index (χ2v) is 13.3. The van der Waals surface area contributed by atoms with Crippen molar-refractivity contribution in [2.24, 2.45) is 0 Å². The molecule has 6 rings (SSSR count). The number of rotatable bonds is 10. The van der Waals surface area contributed by atoms with Crippen LogP contribution in [0.25, 0.3) is 11.0 Å². The number of aryl methyl sites for hydroxylation is 1. The molecule has 1 aromatic heterocycles. The molecule has 12 nitrogen and oxygen atoms in total. The van der Waals surface area contributed by atoms with Gasteiger partial charge in [0.2, 0.25) is 5.76 Å². The maximum atomic E-state index is 14.5. The molecule has 0 unspecified atom stereocenters. The Morgan fingerprint density at radius 2 is 1.58 bits per heavy atom. The van der Waals surface area contributed by atoms with Crippen LogP contribution >= 0.6 is 0 Å². The van der Waals surface area contributed by atoms with Gasteiger partial charge < -0.3 is 19.3 Å². The van der Waals surface area contributed by atoms with Crippen molar-refractivity contribution < 1.29 is 32.5 Å². The van der Waals surface area contributed by atoms with E-state index in [-0.39, 0.29) is 34.4 Å². The number of hydrogen-bond donors (Lipinski definition) is 1. The Balaban J connectivity index is 1.31. The van der Waals surface area contributed by atoms with Gasteiger partial charge >= 0.3 is 5.97 Å². The van der Waals surface area contributed by atoms with Gasteiger partial charge in [0, 0.05) is 61.4 Å². The quantitative estimate of drug-likeness (QED) is 0.145. The molecular formula is C35H32N4O8S. The van der Waals surface area contributed by atoms with Crippen molar-refractivity contribution >= 4 is 49.9 Å². The number of amides is 1. The van der Waals surface area contributed by atoms with E-state index >= 15 is 0 Å². The first-order valence-corrected chi connectivity index (χ1v) is 16.7.